The number of carbonyl (C=O) groups is 1. The monoisotopic (exact) mass is 352 g/mol. The predicted molar refractivity (Wildman–Crippen MR) is 101 cm³/mol. The van der Waals surface area contributed by atoms with Crippen LogP contribution in [0, 0.1) is 0 Å². The fraction of sp³-hybridized carbons (Fsp3) is 0.333. The maximum atomic E-state index is 12.9. The summed E-state index contributed by atoms with van der Waals surface area (Å²) in [4.78, 5) is 26.6. The van der Waals surface area contributed by atoms with Crippen LogP contribution in [0.4, 0.5) is 0 Å². The Morgan fingerprint density at radius 2 is 1.96 bits per heavy atom. The molecule has 0 unspecified atom stereocenters. The van der Waals surface area contributed by atoms with Crippen molar-refractivity contribution < 1.29 is 9.53 Å². The Hall–Kier alpha value is -2.66. The topological polar surface area (TPSA) is 51.5 Å². The highest BCUT2D eigenvalue weighted by atomic mass is 16.5. The van der Waals surface area contributed by atoms with Crippen molar-refractivity contribution in [3.8, 4) is 0 Å². The van der Waals surface area contributed by atoms with Crippen molar-refractivity contribution in [1.29, 1.82) is 0 Å². The van der Waals surface area contributed by atoms with Crippen LogP contribution in [-0.4, -0.2) is 40.7 Å². The van der Waals surface area contributed by atoms with Crippen LogP contribution in [-0.2, 0) is 22.5 Å². The molecule has 0 saturated carbocycles. The third kappa shape index (κ3) is 4.29. The molecular formula is C21H24N2O3. The normalized spacial score (nSPS) is 19.5. The minimum Gasteiger partial charge on any atom is -0.372 e. The van der Waals surface area contributed by atoms with E-state index in [1.807, 2.05) is 23.1 Å². The number of carbonyl (C=O) groups excluding carboxylic acids is 1. The minimum absolute atomic E-state index is 0.0235. The van der Waals surface area contributed by atoms with Gasteiger partial charge in [-0.25, -0.2) is 0 Å². The molecule has 136 valence electrons. The molecule has 26 heavy (non-hydrogen) atoms. The van der Waals surface area contributed by atoms with E-state index in [0.717, 1.165) is 12.8 Å². The van der Waals surface area contributed by atoms with E-state index in [1.54, 1.807) is 24.4 Å². The van der Waals surface area contributed by atoms with Crippen molar-refractivity contribution in [3.05, 3.63) is 83.3 Å². The zero-order valence-electron chi connectivity index (χ0n) is 14.8. The smallest absolute Gasteiger partial charge is 0.250 e. The van der Waals surface area contributed by atoms with Gasteiger partial charge < -0.3 is 14.2 Å². The first-order valence-corrected chi connectivity index (χ1v) is 8.90. The number of aromatic nitrogens is 1. The standard InChI is InChI=1S/C21H24N2O3/c1-2-14-26-19-11-13-23(18(19)15-17-8-4-3-5-9-17)21(25)16-22-12-7-6-10-20(22)24/h2-10,12,18-19H,1,11,13-16H2/t18-,19-/m0/s1. The summed E-state index contributed by atoms with van der Waals surface area (Å²) < 4.78 is 7.36. The van der Waals surface area contributed by atoms with Gasteiger partial charge in [0.05, 0.1) is 18.8 Å². The number of ether oxygens (including phenoxy) is 1. The Morgan fingerprint density at radius 1 is 1.19 bits per heavy atom. The van der Waals surface area contributed by atoms with Gasteiger partial charge in [0.15, 0.2) is 0 Å². The van der Waals surface area contributed by atoms with Gasteiger partial charge in [-0.15, -0.1) is 6.58 Å². The number of hydrogen-bond donors (Lipinski definition) is 0. The van der Waals surface area contributed by atoms with Crippen LogP contribution in [0.3, 0.4) is 0 Å². The van der Waals surface area contributed by atoms with Gasteiger partial charge in [0.2, 0.25) is 5.91 Å². The van der Waals surface area contributed by atoms with Crippen LogP contribution >= 0.6 is 0 Å². The number of rotatable bonds is 7. The molecule has 1 fully saturated rings. The summed E-state index contributed by atoms with van der Waals surface area (Å²) in [6, 6.07) is 15.0. The van der Waals surface area contributed by atoms with Crippen molar-refractivity contribution in [2.24, 2.45) is 0 Å². The molecule has 0 spiro atoms. The molecule has 2 heterocycles. The van der Waals surface area contributed by atoms with E-state index in [-0.39, 0.29) is 30.2 Å². The lowest BCUT2D eigenvalue weighted by atomic mass is 10.0. The molecule has 5 heteroatoms. The average Bonchev–Trinajstić information content (AvgIpc) is 3.05. The van der Waals surface area contributed by atoms with Gasteiger partial charge in [-0.05, 0) is 24.5 Å². The largest absolute Gasteiger partial charge is 0.372 e. The molecule has 0 bridgehead atoms. The Morgan fingerprint density at radius 3 is 2.69 bits per heavy atom. The van der Waals surface area contributed by atoms with Crippen LogP contribution in [0.1, 0.15) is 12.0 Å². The Kier molecular flexibility index (Phi) is 6.02. The van der Waals surface area contributed by atoms with Crippen molar-refractivity contribution in [2.45, 2.75) is 31.5 Å². The number of hydrogen-bond acceptors (Lipinski definition) is 3. The summed E-state index contributed by atoms with van der Waals surface area (Å²) in [5.74, 6) is -0.0519. The summed E-state index contributed by atoms with van der Waals surface area (Å²) in [5.41, 5.74) is 1.00. The number of likely N-dealkylation sites (tertiary alicyclic amines) is 1. The Bertz CT molecular complexity index is 800. The number of nitrogens with zero attached hydrogens (tertiary/aromatic N) is 2. The lowest BCUT2D eigenvalue weighted by molar-refractivity contribution is -0.133. The fourth-order valence-electron chi connectivity index (χ4n) is 3.45. The quantitative estimate of drug-likeness (QED) is 0.718. The van der Waals surface area contributed by atoms with E-state index >= 15 is 0 Å². The molecule has 0 aliphatic carbocycles. The van der Waals surface area contributed by atoms with E-state index in [9.17, 15) is 9.59 Å². The Labute approximate surface area is 153 Å². The van der Waals surface area contributed by atoms with Gasteiger partial charge >= 0.3 is 0 Å². The second-order valence-electron chi connectivity index (χ2n) is 6.46. The molecule has 3 rings (SSSR count). The summed E-state index contributed by atoms with van der Waals surface area (Å²) in [5, 5.41) is 0. The molecule has 0 radical (unpaired) electrons. The molecule has 1 aliphatic heterocycles. The lowest BCUT2D eigenvalue weighted by Crippen LogP contribution is -2.44. The number of pyridine rings is 1. The molecule has 2 atom stereocenters. The van der Waals surface area contributed by atoms with Gasteiger partial charge in [0, 0.05) is 18.8 Å². The first-order valence-electron chi connectivity index (χ1n) is 8.90. The van der Waals surface area contributed by atoms with Gasteiger partial charge in [-0.3, -0.25) is 9.59 Å². The van der Waals surface area contributed by atoms with Crippen LogP contribution in [0.15, 0.2) is 72.2 Å². The molecule has 1 aliphatic rings. The first kappa shape index (κ1) is 18.1. The maximum Gasteiger partial charge on any atom is 0.250 e. The lowest BCUT2D eigenvalue weighted by Gasteiger charge is -2.28. The number of amides is 1. The summed E-state index contributed by atoms with van der Waals surface area (Å²) >= 11 is 0. The molecule has 1 saturated heterocycles. The second-order valence-corrected chi connectivity index (χ2v) is 6.46. The molecule has 1 amide bonds. The van der Waals surface area contributed by atoms with Crippen molar-refractivity contribution >= 4 is 5.91 Å². The molecule has 2 aromatic rings. The average molecular weight is 352 g/mol. The van der Waals surface area contributed by atoms with Crippen LogP contribution < -0.4 is 5.56 Å². The highest BCUT2D eigenvalue weighted by Crippen LogP contribution is 2.25. The second kappa shape index (κ2) is 8.63. The van der Waals surface area contributed by atoms with Gasteiger partial charge in [0.1, 0.15) is 6.54 Å². The first-order chi connectivity index (χ1) is 12.7. The highest BCUT2D eigenvalue weighted by molar-refractivity contribution is 5.76. The van der Waals surface area contributed by atoms with Crippen LogP contribution in [0.2, 0.25) is 0 Å². The van der Waals surface area contributed by atoms with Gasteiger partial charge in [-0.1, -0.05) is 42.5 Å². The zero-order chi connectivity index (χ0) is 18.4. The summed E-state index contributed by atoms with van der Waals surface area (Å²) in [6.07, 6.45) is 4.88. The third-order valence-corrected chi connectivity index (χ3v) is 4.72. The van der Waals surface area contributed by atoms with Crippen molar-refractivity contribution in [2.75, 3.05) is 13.2 Å². The Balaban J connectivity index is 1.77. The zero-order valence-corrected chi connectivity index (χ0v) is 14.8. The maximum absolute atomic E-state index is 12.9. The molecule has 0 N–H and O–H groups in total. The van der Waals surface area contributed by atoms with Gasteiger partial charge in [-0.2, -0.15) is 0 Å². The highest BCUT2D eigenvalue weighted by Gasteiger charge is 2.37. The van der Waals surface area contributed by atoms with Crippen molar-refractivity contribution in [1.82, 2.24) is 9.47 Å². The summed E-state index contributed by atoms with van der Waals surface area (Å²) in [6.45, 7) is 4.87. The fourth-order valence-corrected chi connectivity index (χ4v) is 3.45. The molecular weight excluding hydrogens is 328 g/mol. The van der Waals surface area contributed by atoms with E-state index in [1.165, 1.54) is 16.2 Å². The van der Waals surface area contributed by atoms with E-state index in [2.05, 4.69) is 18.7 Å². The molecule has 5 nitrogen and oxygen atoms in total. The van der Waals surface area contributed by atoms with E-state index in [4.69, 9.17) is 4.74 Å². The number of benzene rings is 1. The van der Waals surface area contributed by atoms with Crippen LogP contribution in [0.25, 0.3) is 0 Å². The van der Waals surface area contributed by atoms with Crippen molar-refractivity contribution in [3.63, 3.8) is 0 Å². The SMILES string of the molecule is C=CCO[C@H]1CCN(C(=O)Cn2ccccc2=O)[C@H]1Cc1ccccc1. The van der Waals surface area contributed by atoms with E-state index < -0.39 is 0 Å². The van der Waals surface area contributed by atoms with Gasteiger partial charge in [0.25, 0.3) is 5.56 Å². The minimum atomic E-state index is -0.167. The predicted octanol–water partition coefficient (Wildman–Crippen LogP) is 2.26. The molecule has 1 aromatic carbocycles. The summed E-state index contributed by atoms with van der Waals surface area (Å²) in [7, 11) is 0. The van der Waals surface area contributed by atoms with E-state index in [0.29, 0.717) is 13.2 Å². The third-order valence-electron chi connectivity index (χ3n) is 4.72. The van der Waals surface area contributed by atoms with Crippen LogP contribution in [0.5, 0.6) is 0 Å². The molecule has 1 aromatic heterocycles.